The van der Waals surface area contributed by atoms with E-state index in [4.69, 9.17) is 5.10 Å². The molecule has 2 aliphatic rings. The van der Waals surface area contributed by atoms with Crippen molar-refractivity contribution in [3.8, 4) is 0 Å². The maximum absolute atomic E-state index is 4.74. The summed E-state index contributed by atoms with van der Waals surface area (Å²) in [5.41, 5.74) is 2.01. The molecular formula is C17H22N8. The van der Waals surface area contributed by atoms with Crippen LogP contribution in [-0.2, 0) is 7.05 Å². The lowest BCUT2D eigenvalue weighted by molar-refractivity contribution is 0.528. The summed E-state index contributed by atoms with van der Waals surface area (Å²) >= 11 is 0. The highest BCUT2D eigenvalue weighted by Crippen LogP contribution is 2.38. The minimum Gasteiger partial charge on any atom is -0.367 e. The smallest absolute Gasteiger partial charge is 0.178 e. The molecular weight excluding hydrogens is 316 g/mol. The van der Waals surface area contributed by atoms with Gasteiger partial charge in [-0.25, -0.2) is 0 Å². The summed E-state index contributed by atoms with van der Waals surface area (Å²) in [4.78, 5) is 2.39. The second-order valence-electron chi connectivity index (χ2n) is 7.12. The monoisotopic (exact) mass is 338 g/mol. The first-order valence-electron chi connectivity index (χ1n) is 8.99. The molecule has 0 radical (unpaired) electrons. The van der Waals surface area contributed by atoms with Gasteiger partial charge in [0.05, 0.1) is 11.9 Å². The zero-order chi connectivity index (χ0) is 16.8. The molecule has 2 fully saturated rings. The molecule has 1 N–H and O–H groups in total. The Bertz CT molecular complexity index is 893. The lowest BCUT2D eigenvalue weighted by Crippen LogP contribution is -2.42. The highest BCUT2D eigenvalue weighted by molar-refractivity contribution is 5.47. The molecule has 130 valence electrons. The number of nitrogens with one attached hydrogen (secondary N) is 1. The Morgan fingerprint density at radius 1 is 1.16 bits per heavy atom. The van der Waals surface area contributed by atoms with Crippen molar-refractivity contribution in [2.45, 2.75) is 37.6 Å². The van der Waals surface area contributed by atoms with Gasteiger partial charge in [-0.15, -0.1) is 15.3 Å². The lowest BCUT2D eigenvalue weighted by atomic mass is 10.1. The van der Waals surface area contributed by atoms with E-state index >= 15 is 0 Å². The minimum absolute atomic E-state index is 0.375. The summed E-state index contributed by atoms with van der Waals surface area (Å²) in [6.45, 7) is 2.04. The fourth-order valence-electron chi connectivity index (χ4n) is 3.59. The quantitative estimate of drug-likeness (QED) is 0.782. The van der Waals surface area contributed by atoms with Crippen molar-refractivity contribution in [3.05, 3.63) is 30.4 Å². The van der Waals surface area contributed by atoms with Crippen LogP contribution in [0, 0.1) is 0 Å². The second kappa shape index (κ2) is 5.72. The Kier molecular flexibility index (Phi) is 3.36. The lowest BCUT2D eigenvalue weighted by Gasteiger charge is -2.34. The summed E-state index contributed by atoms with van der Waals surface area (Å²) in [7, 11) is 1.96. The van der Waals surface area contributed by atoms with Crippen LogP contribution < -0.4 is 10.2 Å². The maximum atomic E-state index is 4.74. The van der Waals surface area contributed by atoms with Crippen LogP contribution in [0.4, 0.5) is 11.5 Å². The van der Waals surface area contributed by atoms with Crippen LogP contribution >= 0.6 is 0 Å². The highest BCUT2D eigenvalue weighted by Gasteiger charge is 2.29. The van der Waals surface area contributed by atoms with Gasteiger partial charge in [0, 0.05) is 38.3 Å². The number of rotatable bonds is 4. The van der Waals surface area contributed by atoms with Gasteiger partial charge in [-0.1, -0.05) is 0 Å². The average molecular weight is 338 g/mol. The Morgan fingerprint density at radius 3 is 2.88 bits per heavy atom. The molecule has 1 unspecified atom stereocenters. The van der Waals surface area contributed by atoms with Gasteiger partial charge in [0.15, 0.2) is 11.5 Å². The zero-order valence-corrected chi connectivity index (χ0v) is 14.3. The second-order valence-corrected chi connectivity index (χ2v) is 7.12. The van der Waals surface area contributed by atoms with Crippen molar-refractivity contribution in [1.29, 1.82) is 0 Å². The van der Waals surface area contributed by atoms with Crippen molar-refractivity contribution in [2.24, 2.45) is 7.05 Å². The molecule has 1 aliphatic carbocycles. The fraction of sp³-hybridized carbons (Fsp3) is 0.529. The third-order valence-electron chi connectivity index (χ3n) is 5.06. The van der Waals surface area contributed by atoms with Crippen LogP contribution in [-0.4, -0.2) is 48.7 Å². The SMILES string of the molecule is Cn1cc(N2CCCC(Nc3ccc4nnc(C5CC5)n4n3)C2)cn1. The van der Waals surface area contributed by atoms with Crippen molar-refractivity contribution in [3.63, 3.8) is 0 Å². The van der Waals surface area contributed by atoms with E-state index in [-0.39, 0.29) is 0 Å². The first-order valence-corrected chi connectivity index (χ1v) is 8.99. The largest absolute Gasteiger partial charge is 0.367 e. The van der Waals surface area contributed by atoms with E-state index < -0.39 is 0 Å². The van der Waals surface area contributed by atoms with E-state index in [1.54, 1.807) is 0 Å². The Hall–Kier alpha value is -2.64. The third-order valence-corrected chi connectivity index (χ3v) is 5.06. The molecule has 8 nitrogen and oxygen atoms in total. The highest BCUT2D eigenvalue weighted by atomic mass is 15.4. The van der Waals surface area contributed by atoms with Crippen molar-refractivity contribution >= 4 is 17.2 Å². The van der Waals surface area contributed by atoms with Crippen molar-refractivity contribution in [2.75, 3.05) is 23.3 Å². The molecule has 1 saturated carbocycles. The summed E-state index contributed by atoms with van der Waals surface area (Å²) < 4.78 is 3.76. The number of anilines is 2. The van der Waals surface area contributed by atoms with Gasteiger partial charge in [-0.05, 0) is 37.8 Å². The van der Waals surface area contributed by atoms with Crippen LogP contribution in [0.25, 0.3) is 5.65 Å². The molecule has 1 atom stereocenters. The van der Waals surface area contributed by atoms with Gasteiger partial charge in [-0.2, -0.15) is 9.61 Å². The summed E-state index contributed by atoms with van der Waals surface area (Å²) in [6.07, 6.45) is 8.71. The van der Waals surface area contributed by atoms with Gasteiger partial charge in [0.1, 0.15) is 5.82 Å². The van der Waals surface area contributed by atoms with E-state index in [1.165, 1.54) is 18.5 Å². The number of piperidine rings is 1. The third kappa shape index (κ3) is 2.81. The molecule has 0 bridgehead atoms. The molecule has 4 heterocycles. The van der Waals surface area contributed by atoms with E-state index in [9.17, 15) is 0 Å². The van der Waals surface area contributed by atoms with Crippen LogP contribution in [0.1, 0.15) is 37.4 Å². The average Bonchev–Trinajstić information content (AvgIpc) is 3.23. The molecule has 8 heteroatoms. The normalized spacial score (nSPS) is 21.0. The number of nitrogens with zero attached hydrogens (tertiary/aromatic N) is 7. The van der Waals surface area contributed by atoms with E-state index in [1.807, 2.05) is 34.6 Å². The number of aryl methyl sites for hydroxylation is 1. The van der Waals surface area contributed by atoms with Gasteiger partial charge in [-0.3, -0.25) is 4.68 Å². The topological polar surface area (TPSA) is 76.2 Å². The Morgan fingerprint density at radius 2 is 2.08 bits per heavy atom. The van der Waals surface area contributed by atoms with Crippen LogP contribution in [0.5, 0.6) is 0 Å². The Labute approximate surface area is 145 Å². The molecule has 1 aliphatic heterocycles. The van der Waals surface area contributed by atoms with E-state index in [2.05, 4.69) is 31.7 Å². The van der Waals surface area contributed by atoms with Crippen LogP contribution in [0.3, 0.4) is 0 Å². The molecule has 5 rings (SSSR count). The predicted octanol–water partition coefficient (Wildman–Crippen LogP) is 1.82. The summed E-state index contributed by atoms with van der Waals surface area (Å²) in [5.74, 6) is 2.43. The molecule has 0 amide bonds. The van der Waals surface area contributed by atoms with E-state index in [0.29, 0.717) is 12.0 Å². The summed E-state index contributed by atoms with van der Waals surface area (Å²) in [6, 6.07) is 4.37. The number of fused-ring (bicyclic) bond motifs is 1. The first-order chi connectivity index (χ1) is 12.3. The Balaban J connectivity index is 1.34. The molecule has 3 aromatic heterocycles. The standard InChI is InChI=1S/C17H22N8/c1-23-11-14(9-18-23)24-8-2-3-13(10-24)19-15-6-7-16-20-21-17(12-4-5-12)25(16)22-15/h6-7,9,11-13H,2-5,8,10H2,1H3,(H,19,22). The maximum Gasteiger partial charge on any atom is 0.178 e. The van der Waals surface area contributed by atoms with E-state index in [0.717, 1.165) is 43.2 Å². The minimum atomic E-state index is 0.375. The number of aromatic nitrogens is 6. The van der Waals surface area contributed by atoms with Crippen molar-refractivity contribution < 1.29 is 0 Å². The fourth-order valence-corrected chi connectivity index (χ4v) is 3.59. The predicted molar refractivity (Wildman–Crippen MR) is 94.8 cm³/mol. The molecule has 25 heavy (non-hydrogen) atoms. The zero-order valence-electron chi connectivity index (χ0n) is 14.3. The summed E-state index contributed by atoms with van der Waals surface area (Å²) in [5, 5.41) is 21.2. The molecule has 3 aromatic rings. The molecule has 0 spiro atoms. The van der Waals surface area contributed by atoms with Gasteiger partial charge in [0.25, 0.3) is 0 Å². The van der Waals surface area contributed by atoms with Crippen LogP contribution in [0.15, 0.2) is 24.5 Å². The number of hydrogen-bond donors (Lipinski definition) is 1. The molecule has 1 saturated heterocycles. The first kappa shape index (κ1) is 14.7. The van der Waals surface area contributed by atoms with Gasteiger partial charge >= 0.3 is 0 Å². The van der Waals surface area contributed by atoms with Crippen LogP contribution in [0.2, 0.25) is 0 Å². The number of hydrogen-bond acceptors (Lipinski definition) is 6. The van der Waals surface area contributed by atoms with Crippen molar-refractivity contribution in [1.82, 2.24) is 29.6 Å². The van der Waals surface area contributed by atoms with Gasteiger partial charge in [0.2, 0.25) is 0 Å². The molecule has 0 aromatic carbocycles. The van der Waals surface area contributed by atoms with Gasteiger partial charge < -0.3 is 10.2 Å².